The molecule has 0 fully saturated rings. The van der Waals surface area contributed by atoms with Crippen LogP contribution in [0, 0.1) is 0 Å². The summed E-state index contributed by atoms with van der Waals surface area (Å²) in [7, 11) is -0.0381. The Bertz CT molecular complexity index is 258. The Morgan fingerprint density at radius 3 is 2.00 bits per heavy atom. The number of allylic oxidation sites excluding steroid dienone is 1. The third-order valence-corrected chi connectivity index (χ3v) is 11.6. The van der Waals surface area contributed by atoms with Crippen molar-refractivity contribution in [1.29, 1.82) is 0 Å². The summed E-state index contributed by atoms with van der Waals surface area (Å²) in [5.74, 6) is 0. The van der Waals surface area contributed by atoms with Crippen molar-refractivity contribution in [2.24, 2.45) is 0 Å². The van der Waals surface area contributed by atoms with Gasteiger partial charge in [0.1, 0.15) is 0 Å². The molecule has 0 aromatic carbocycles. The van der Waals surface area contributed by atoms with Gasteiger partial charge < -0.3 is 5.32 Å². The van der Waals surface area contributed by atoms with Crippen LogP contribution in [0.1, 0.15) is 41.5 Å². The minimum Gasteiger partial charge on any atom is -0.313 e. The summed E-state index contributed by atoms with van der Waals surface area (Å²) in [5.41, 5.74) is 2.21. The number of hydrogen-bond donors (Lipinski definition) is 1. The fourth-order valence-corrected chi connectivity index (χ4v) is 3.48. The van der Waals surface area contributed by atoms with Crippen LogP contribution in [0.15, 0.2) is 10.8 Å². The summed E-state index contributed by atoms with van der Waals surface area (Å²) in [4.78, 5) is 0. The molecular formula is C13H31NSi2. The number of rotatable bonds is 4. The van der Waals surface area contributed by atoms with Gasteiger partial charge in [-0.3, -0.25) is 0 Å². The molecule has 16 heavy (non-hydrogen) atoms. The summed E-state index contributed by atoms with van der Waals surface area (Å²) in [6, 6.07) is 0. The standard InChI is InChI=1S/C13H31NSi2/c1-10(11(2)15)9-14-12(3)16(7,8)13(4,5)6/h12,14H,9H2,1-8,15H3. The van der Waals surface area contributed by atoms with Gasteiger partial charge in [0.15, 0.2) is 0 Å². The molecule has 96 valence electrons. The molecule has 0 aromatic rings. The van der Waals surface area contributed by atoms with E-state index in [-0.39, 0.29) is 0 Å². The van der Waals surface area contributed by atoms with Crippen molar-refractivity contribution < 1.29 is 0 Å². The smallest absolute Gasteiger partial charge is 0.0714 e. The highest BCUT2D eigenvalue weighted by atomic mass is 28.3. The molecule has 0 bridgehead atoms. The van der Waals surface area contributed by atoms with Gasteiger partial charge in [-0.2, -0.15) is 0 Å². The number of hydrogen-bond acceptors (Lipinski definition) is 1. The maximum absolute atomic E-state index is 3.74. The van der Waals surface area contributed by atoms with Crippen LogP contribution in [0.4, 0.5) is 0 Å². The topological polar surface area (TPSA) is 12.0 Å². The van der Waals surface area contributed by atoms with Crippen LogP contribution >= 0.6 is 0 Å². The lowest BCUT2D eigenvalue weighted by Crippen LogP contribution is -2.54. The van der Waals surface area contributed by atoms with Crippen molar-refractivity contribution >= 4 is 18.3 Å². The van der Waals surface area contributed by atoms with Crippen LogP contribution in [-0.2, 0) is 0 Å². The lowest BCUT2D eigenvalue weighted by Gasteiger charge is -2.42. The van der Waals surface area contributed by atoms with Gasteiger partial charge >= 0.3 is 0 Å². The lowest BCUT2D eigenvalue weighted by atomic mass is 10.2. The minimum absolute atomic E-state index is 0.465. The normalized spacial score (nSPS) is 17.2. The minimum atomic E-state index is -1.23. The SMILES string of the molecule is CC([SiH3])=C(C)CNC(C)[Si](C)(C)C(C)(C)C. The zero-order chi connectivity index (χ0) is 13.1. The molecule has 1 atom stereocenters. The molecule has 1 unspecified atom stereocenters. The van der Waals surface area contributed by atoms with Crippen LogP contribution in [0.2, 0.25) is 18.1 Å². The maximum Gasteiger partial charge on any atom is 0.0714 e. The lowest BCUT2D eigenvalue weighted by molar-refractivity contribution is 0.631. The van der Waals surface area contributed by atoms with E-state index in [1.54, 1.807) is 5.20 Å². The van der Waals surface area contributed by atoms with Gasteiger partial charge in [0.2, 0.25) is 0 Å². The summed E-state index contributed by atoms with van der Waals surface area (Å²) in [5, 5.41) is 5.78. The van der Waals surface area contributed by atoms with Crippen molar-refractivity contribution in [3.05, 3.63) is 10.8 Å². The summed E-state index contributed by atoms with van der Waals surface area (Å²) < 4.78 is 0. The Balaban J connectivity index is 4.49. The van der Waals surface area contributed by atoms with Gasteiger partial charge in [-0.1, -0.05) is 51.6 Å². The molecule has 0 aromatic heterocycles. The molecule has 0 aliphatic heterocycles. The molecule has 0 rings (SSSR count). The van der Waals surface area contributed by atoms with Crippen molar-refractivity contribution in [2.75, 3.05) is 6.54 Å². The monoisotopic (exact) mass is 257 g/mol. The fourth-order valence-electron chi connectivity index (χ4n) is 1.39. The molecular weight excluding hydrogens is 226 g/mol. The summed E-state index contributed by atoms with van der Waals surface area (Å²) in [6.07, 6.45) is 0. The predicted octanol–water partition coefficient (Wildman–Crippen LogP) is 2.67. The van der Waals surface area contributed by atoms with Gasteiger partial charge in [0, 0.05) is 16.8 Å². The molecule has 0 heterocycles. The Kier molecular flexibility index (Phi) is 5.70. The average molecular weight is 258 g/mol. The fraction of sp³-hybridized carbons (Fsp3) is 0.846. The van der Waals surface area contributed by atoms with E-state index in [9.17, 15) is 0 Å². The Labute approximate surface area is 107 Å². The first-order valence-corrected chi connectivity index (χ1v) is 10.4. The molecule has 0 amide bonds. The van der Waals surface area contributed by atoms with Crippen molar-refractivity contribution in [2.45, 2.75) is 65.3 Å². The van der Waals surface area contributed by atoms with E-state index in [2.05, 4.69) is 60.0 Å². The predicted molar refractivity (Wildman–Crippen MR) is 83.0 cm³/mol. The highest BCUT2D eigenvalue weighted by molar-refractivity contribution is 6.81. The van der Waals surface area contributed by atoms with Crippen molar-refractivity contribution in [3.63, 3.8) is 0 Å². The molecule has 1 nitrogen and oxygen atoms in total. The number of nitrogens with one attached hydrogen (secondary N) is 1. The quantitative estimate of drug-likeness (QED) is 0.764. The highest BCUT2D eigenvalue weighted by Crippen LogP contribution is 2.37. The Hall–Kier alpha value is 0.134. The molecule has 0 radical (unpaired) electrons. The van der Waals surface area contributed by atoms with Crippen LogP contribution in [-0.4, -0.2) is 30.5 Å². The Morgan fingerprint density at radius 2 is 1.69 bits per heavy atom. The molecule has 1 N–H and O–H groups in total. The maximum atomic E-state index is 3.74. The van der Waals surface area contributed by atoms with Crippen LogP contribution in [0.3, 0.4) is 0 Å². The van der Waals surface area contributed by atoms with Gasteiger partial charge in [-0.25, -0.2) is 0 Å². The first-order chi connectivity index (χ1) is 7.00. The van der Waals surface area contributed by atoms with E-state index in [4.69, 9.17) is 0 Å². The van der Waals surface area contributed by atoms with E-state index in [0.29, 0.717) is 10.7 Å². The molecule has 0 aliphatic carbocycles. The second-order valence-electron chi connectivity index (χ2n) is 6.85. The van der Waals surface area contributed by atoms with E-state index in [1.807, 2.05) is 0 Å². The zero-order valence-electron chi connectivity index (χ0n) is 12.8. The van der Waals surface area contributed by atoms with E-state index < -0.39 is 8.07 Å². The third-order valence-electron chi connectivity index (χ3n) is 4.54. The molecule has 3 heteroatoms. The van der Waals surface area contributed by atoms with Gasteiger partial charge in [-0.15, -0.1) is 0 Å². The van der Waals surface area contributed by atoms with Gasteiger partial charge in [0.25, 0.3) is 0 Å². The zero-order valence-corrected chi connectivity index (χ0v) is 15.8. The molecule has 0 saturated heterocycles. The summed E-state index contributed by atoms with van der Waals surface area (Å²) in [6.45, 7) is 20.1. The summed E-state index contributed by atoms with van der Waals surface area (Å²) >= 11 is 0. The average Bonchev–Trinajstić information content (AvgIpc) is 2.11. The first-order valence-electron chi connectivity index (χ1n) is 6.36. The van der Waals surface area contributed by atoms with E-state index in [1.165, 1.54) is 15.8 Å². The van der Waals surface area contributed by atoms with Crippen LogP contribution in [0.25, 0.3) is 0 Å². The van der Waals surface area contributed by atoms with Gasteiger partial charge in [0.05, 0.1) is 8.07 Å². The highest BCUT2D eigenvalue weighted by Gasteiger charge is 2.39. The molecule has 0 saturated carbocycles. The largest absolute Gasteiger partial charge is 0.313 e. The van der Waals surface area contributed by atoms with Gasteiger partial charge in [-0.05, 0) is 24.6 Å². The second-order valence-corrected chi connectivity index (χ2v) is 14.2. The van der Waals surface area contributed by atoms with E-state index >= 15 is 0 Å². The van der Waals surface area contributed by atoms with Crippen molar-refractivity contribution in [3.8, 4) is 0 Å². The van der Waals surface area contributed by atoms with Crippen molar-refractivity contribution in [1.82, 2.24) is 5.32 Å². The first kappa shape index (κ1) is 16.1. The van der Waals surface area contributed by atoms with E-state index in [0.717, 1.165) is 6.54 Å². The van der Waals surface area contributed by atoms with Crippen LogP contribution < -0.4 is 5.32 Å². The second kappa shape index (κ2) is 5.65. The molecule has 0 aliphatic rings. The molecule has 0 spiro atoms. The van der Waals surface area contributed by atoms with Crippen LogP contribution in [0.5, 0.6) is 0 Å². The third kappa shape index (κ3) is 4.19. The Morgan fingerprint density at radius 1 is 1.25 bits per heavy atom.